The molecule has 2 rings (SSSR count). The van der Waals surface area contributed by atoms with Crippen molar-refractivity contribution in [1.29, 1.82) is 0 Å². The van der Waals surface area contributed by atoms with E-state index >= 15 is 0 Å². The number of benzene rings is 1. The topological polar surface area (TPSA) is 107 Å². The number of hydrogen-bond donors (Lipinski definition) is 2. The van der Waals surface area contributed by atoms with E-state index in [9.17, 15) is 8.42 Å². The van der Waals surface area contributed by atoms with E-state index in [-0.39, 0.29) is 21.9 Å². The molecule has 7 nitrogen and oxygen atoms in total. The number of halogens is 2. The summed E-state index contributed by atoms with van der Waals surface area (Å²) in [5.74, 6) is 0.377. The lowest BCUT2D eigenvalue weighted by molar-refractivity contribution is 0.414. The molecule has 0 radical (unpaired) electrons. The van der Waals surface area contributed by atoms with Gasteiger partial charge < -0.3 is 10.1 Å². The fourth-order valence-electron chi connectivity index (χ4n) is 1.72. The smallest absolute Gasteiger partial charge is 0.224 e. The number of aromatic nitrogens is 2. The summed E-state index contributed by atoms with van der Waals surface area (Å²) in [7, 11) is -2.25. The predicted molar refractivity (Wildman–Crippen MR) is 85.1 cm³/mol. The fourth-order valence-corrected chi connectivity index (χ4v) is 2.66. The van der Waals surface area contributed by atoms with Crippen LogP contribution < -0.4 is 15.2 Å². The van der Waals surface area contributed by atoms with Gasteiger partial charge in [-0.05, 0) is 35.4 Å². The van der Waals surface area contributed by atoms with Gasteiger partial charge in [-0.15, -0.1) is 0 Å². The van der Waals surface area contributed by atoms with Gasteiger partial charge in [-0.2, -0.15) is 4.98 Å². The van der Waals surface area contributed by atoms with Crippen LogP contribution in [0.25, 0.3) is 0 Å². The maximum Gasteiger partial charge on any atom is 0.224 e. The number of anilines is 2. The van der Waals surface area contributed by atoms with Gasteiger partial charge in [0, 0.05) is 5.69 Å². The number of rotatable bonds is 5. The molecule has 0 unspecified atom stereocenters. The van der Waals surface area contributed by atoms with Gasteiger partial charge in [0.25, 0.3) is 0 Å². The minimum absolute atomic E-state index is 0.00779. The molecule has 22 heavy (non-hydrogen) atoms. The quantitative estimate of drug-likeness (QED) is 0.790. The molecule has 0 saturated carbocycles. The van der Waals surface area contributed by atoms with Crippen molar-refractivity contribution in [3.8, 4) is 5.75 Å². The average molecular weight is 363 g/mol. The highest BCUT2D eigenvalue weighted by Gasteiger charge is 2.13. The number of nitrogens with zero attached hydrogens (tertiary/aromatic N) is 2. The number of hydrogen-bond acceptors (Lipinski definition) is 6. The first-order valence-corrected chi connectivity index (χ1v) is 8.38. The van der Waals surface area contributed by atoms with Crippen molar-refractivity contribution in [2.24, 2.45) is 5.14 Å². The van der Waals surface area contributed by atoms with Crippen molar-refractivity contribution >= 4 is 44.7 Å². The van der Waals surface area contributed by atoms with Gasteiger partial charge in [0.2, 0.25) is 15.3 Å². The summed E-state index contributed by atoms with van der Waals surface area (Å²) in [5.41, 5.74) is 0.874. The van der Waals surface area contributed by atoms with Crippen LogP contribution in [0, 0.1) is 0 Å². The molecule has 0 amide bonds. The lowest BCUT2D eigenvalue weighted by Crippen LogP contribution is -2.15. The zero-order valence-corrected chi connectivity index (χ0v) is 13.7. The zero-order valence-electron chi connectivity index (χ0n) is 11.4. The van der Waals surface area contributed by atoms with Crippen LogP contribution in [0.4, 0.5) is 11.5 Å². The summed E-state index contributed by atoms with van der Waals surface area (Å²) >= 11 is 11.7. The Morgan fingerprint density at radius 1 is 1.36 bits per heavy atom. The zero-order chi connectivity index (χ0) is 16.3. The molecule has 0 aliphatic carbocycles. The Bertz CT molecular complexity index is 799. The number of primary sulfonamides is 1. The van der Waals surface area contributed by atoms with Gasteiger partial charge in [0.05, 0.1) is 19.1 Å². The molecular weight excluding hydrogens is 351 g/mol. The number of methoxy groups -OCH3 is 1. The monoisotopic (exact) mass is 362 g/mol. The van der Waals surface area contributed by atoms with E-state index in [0.717, 1.165) is 0 Å². The van der Waals surface area contributed by atoms with Crippen LogP contribution in [-0.4, -0.2) is 25.5 Å². The van der Waals surface area contributed by atoms with E-state index in [1.807, 2.05) is 0 Å². The third-order valence-electron chi connectivity index (χ3n) is 2.64. The minimum Gasteiger partial charge on any atom is -0.497 e. The Balaban J connectivity index is 2.43. The molecule has 0 spiro atoms. The van der Waals surface area contributed by atoms with Gasteiger partial charge in [-0.3, -0.25) is 0 Å². The highest BCUT2D eigenvalue weighted by Crippen LogP contribution is 2.29. The summed E-state index contributed by atoms with van der Waals surface area (Å²) < 4.78 is 27.8. The van der Waals surface area contributed by atoms with Crippen molar-refractivity contribution in [1.82, 2.24) is 9.97 Å². The Labute approximate surface area is 137 Å². The van der Waals surface area contributed by atoms with E-state index in [1.54, 1.807) is 18.2 Å². The molecule has 10 heteroatoms. The van der Waals surface area contributed by atoms with Crippen LogP contribution in [0.3, 0.4) is 0 Å². The second kappa shape index (κ2) is 6.66. The number of sulfonamides is 1. The second-order valence-corrected chi connectivity index (χ2v) is 6.65. The summed E-state index contributed by atoms with van der Waals surface area (Å²) in [6.07, 6.45) is 1.34. The van der Waals surface area contributed by atoms with E-state index in [1.165, 1.54) is 13.3 Å². The van der Waals surface area contributed by atoms with E-state index in [4.69, 9.17) is 33.1 Å². The molecular formula is C12H12Cl2N4O3S. The van der Waals surface area contributed by atoms with E-state index in [2.05, 4.69) is 15.3 Å². The number of ether oxygens (including phenoxy) is 1. The van der Waals surface area contributed by atoms with Crippen LogP contribution in [0.2, 0.25) is 10.3 Å². The molecule has 0 fully saturated rings. The number of nitrogens with one attached hydrogen (secondary N) is 1. The van der Waals surface area contributed by atoms with Crippen LogP contribution in [0.5, 0.6) is 5.75 Å². The molecule has 0 atom stereocenters. The molecule has 2 aromatic rings. The molecule has 1 heterocycles. The number of nitrogens with two attached hydrogens (primary N) is 1. The molecule has 1 aromatic carbocycles. The average Bonchev–Trinajstić information content (AvgIpc) is 2.43. The lowest BCUT2D eigenvalue weighted by atomic mass is 10.2. The minimum atomic E-state index is -3.72. The highest BCUT2D eigenvalue weighted by atomic mass is 35.5. The van der Waals surface area contributed by atoms with Gasteiger partial charge in [-0.1, -0.05) is 11.6 Å². The van der Waals surface area contributed by atoms with Crippen LogP contribution in [0.1, 0.15) is 5.56 Å². The summed E-state index contributed by atoms with van der Waals surface area (Å²) in [5, 5.41) is 8.26. The molecule has 0 saturated heterocycles. The van der Waals surface area contributed by atoms with E-state index < -0.39 is 10.0 Å². The Hall–Kier alpha value is -1.61. The molecule has 0 aliphatic heterocycles. The molecule has 118 valence electrons. The van der Waals surface area contributed by atoms with Crippen LogP contribution in [0.15, 0.2) is 24.4 Å². The van der Waals surface area contributed by atoms with Gasteiger partial charge in [-0.25, -0.2) is 18.5 Å². The summed E-state index contributed by atoms with van der Waals surface area (Å²) in [6.45, 7) is 0. The highest BCUT2D eigenvalue weighted by molar-refractivity contribution is 7.88. The normalized spacial score (nSPS) is 11.3. The largest absolute Gasteiger partial charge is 0.497 e. The third kappa shape index (κ3) is 4.44. The van der Waals surface area contributed by atoms with Crippen molar-refractivity contribution in [3.63, 3.8) is 0 Å². The lowest BCUT2D eigenvalue weighted by Gasteiger charge is -2.13. The maximum absolute atomic E-state index is 11.4. The summed E-state index contributed by atoms with van der Waals surface area (Å²) in [4.78, 5) is 7.68. The van der Waals surface area contributed by atoms with Crippen molar-refractivity contribution < 1.29 is 13.2 Å². The van der Waals surface area contributed by atoms with E-state index in [0.29, 0.717) is 17.0 Å². The van der Waals surface area contributed by atoms with Crippen LogP contribution in [-0.2, 0) is 15.8 Å². The molecule has 3 N–H and O–H groups in total. The molecule has 0 bridgehead atoms. The van der Waals surface area contributed by atoms with Crippen molar-refractivity contribution in [3.05, 3.63) is 40.3 Å². The fraction of sp³-hybridized carbons (Fsp3) is 0.167. The van der Waals surface area contributed by atoms with Crippen molar-refractivity contribution in [2.45, 2.75) is 5.75 Å². The van der Waals surface area contributed by atoms with Crippen molar-refractivity contribution in [2.75, 3.05) is 12.4 Å². The van der Waals surface area contributed by atoms with Gasteiger partial charge in [0.15, 0.2) is 5.82 Å². The SMILES string of the molecule is COc1ccc(Nc2nc(Cl)ncc2Cl)c(CS(N)(=O)=O)c1. The first-order chi connectivity index (χ1) is 10.3. The van der Waals surface area contributed by atoms with Gasteiger partial charge in [0.1, 0.15) is 10.8 Å². The Morgan fingerprint density at radius 2 is 2.09 bits per heavy atom. The maximum atomic E-state index is 11.4. The second-order valence-electron chi connectivity index (χ2n) is 4.29. The van der Waals surface area contributed by atoms with Crippen LogP contribution >= 0.6 is 23.2 Å². The first kappa shape index (κ1) is 16.8. The Morgan fingerprint density at radius 3 is 2.73 bits per heavy atom. The van der Waals surface area contributed by atoms with Gasteiger partial charge >= 0.3 is 0 Å². The summed E-state index contributed by atoms with van der Waals surface area (Å²) in [6, 6.07) is 4.85. The first-order valence-electron chi connectivity index (χ1n) is 5.91. The molecule has 1 aromatic heterocycles. The molecule has 0 aliphatic rings. The Kier molecular flexibility index (Phi) is 5.07. The third-order valence-corrected chi connectivity index (χ3v) is 3.81. The predicted octanol–water partition coefficient (Wildman–Crippen LogP) is 2.32. The standard InChI is InChI=1S/C12H12Cl2N4O3S/c1-21-8-2-3-10(7(4-8)6-22(15,19)20)17-11-9(13)5-16-12(14)18-11/h2-5H,6H2,1H3,(H2,15,19,20)(H,16,17,18).